The van der Waals surface area contributed by atoms with Gasteiger partial charge >= 0.3 is 0 Å². The SMILES string of the molecule is Cc1ccc(C2(O)CC(C)CCC2C(C)C)cc1. The average molecular weight is 246 g/mol. The van der Waals surface area contributed by atoms with E-state index in [1.54, 1.807) is 0 Å². The minimum atomic E-state index is -0.625. The third-order valence-corrected chi connectivity index (χ3v) is 4.60. The maximum atomic E-state index is 11.2. The molecule has 3 atom stereocenters. The molecule has 3 unspecified atom stereocenters. The average Bonchev–Trinajstić information content (AvgIpc) is 2.28. The summed E-state index contributed by atoms with van der Waals surface area (Å²) in [6.45, 7) is 8.83. The Balaban J connectivity index is 2.37. The van der Waals surface area contributed by atoms with Gasteiger partial charge in [-0.3, -0.25) is 0 Å². The topological polar surface area (TPSA) is 20.2 Å². The molecule has 1 saturated carbocycles. The Kier molecular flexibility index (Phi) is 3.82. The van der Waals surface area contributed by atoms with Crippen LogP contribution in [0.1, 0.15) is 51.2 Å². The molecule has 0 amide bonds. The normalized spacial score (nSPS) is 32.8. The molecular formula is C17H26O. The van der Waals surface area contributed by atoms with E-state index >= 15 is 0 Å². The molecule has 1 aliphatic rings. The molecule has 0 bridgehead atoms. The molecule has 1 nitrogen and oxygen atoms in total. The first kappa shape index (κ1) is 13.6. The van der Waals surface area contributed by atoms with E-state index in [1.165, 1.54) is 12.0 Å². The Labute approximate surface area is 111 Å². The van der Waals surface area contributed by atoms with Crippen LogP contribution >= 0.6 is 0 Å². The highest BCUT2D eigenvalue weighted by Gasteiger charge is 2.43. The van der Waals surface area contributed by atoms with Crippen molar-refractivity contribution in [1.29, 1.82) is 0 Å². The fourth-order valence-corrected chi connectivity index (χ4v) is 3.55. The van der Waals surface area contributed by atoms with E-state index in [2.05, 4.69) is 52.0 Å². The third-order valence-electron chi connectivity index (χ3n) is 4.60. The molecule has 0 radical (unpaired) electrons. The molecule has 0 saturated heterocycles. The summed E-state index contributed by atoms with van der Waals surface area (Å²) in [5.74, 6) is 1.53. The molecule has 0 aliphatic heterocycles. The molecule has 2 rings (SSSR count). The summed E-state index contributed by atoms with van der Waals surface area (Å²) in [7, 11) is 0. The van der Waals surface area contributed by atoms with Crippen LogP contribution in [0.5, 0.6) is 0 Å². The van der Waals surface area contributed by atoms with Crippen LogP contribution in [-0.2, 0) is 5.60 Å². The van der Waals surface area contributed by atoms with Crippen molar-refractivity contribution >= 4 is 0 Å². The standard InChI is InChI=1S/C17H26O/c1-12(2)16-10-7-14(4)11-17(16,18)15-8-5-13(3)6-9-15/h5-6,8-9,12,14,16,18H,7,10-11H2,1-4H3. The predicted molar refractivity (Wildman–Crippen MR) is 76.4 cm³/mol. The lowest BCUT2D eigenvalue weighted by Gasteiger charge is -2.45. The summed E-state index contributed by atoms with van der Waals surface area (Å²) in [6.07, 6.45) is 3.29. The van der Waals surface area contributed by atoms with E-state index in [0.29, 0.717) is 17.8 Å². The monoisotopic (exact) mass is 246 g/mol. The molecule has 0 heterocycles. The Hall–Kier alpha value is -0.820. The van der Waals surface area contributed by atoms with Gasteiger partial charge in [-0.1, -0.05) is 57.0 Å². The van der Waals surface area contributed by atoms with Gasteiger partial charge in [0, 0.05) is 0 Å². The first-order valence-electron chi connectivity index (χ1n) is 7.23. The van der Waals surface area contributed by atoms with Gasteiger partial charge in [0.25, 0.3) is 0 Å². The van der Waals surface area contributed by atoms with Crippen molar-refractivity contribution in [1.82, 2.24) is 0 Å². The number of rotatable bonds is 2. The van der Waals surface area contributed by atoms with Crippen LogP contribution in [0.2, 0.25) is 0 Å². The number of benzene rings is 1. The van der Waals surface area contributed by atoms with E-state index < -0.39 is 5.60 Å². The summed E-state index contributed by atoms with van der Waals surface area (Å²) in [6, 6.07) is 8.46. The molecule has 0 aromatic heterocycles. The van der Waals surface area contributed by atoms with Crippen LogP contribution in [0.15, 0.2) is 24.3 Å². The summed E-state index contributed by atoms with van der Waals surface area (Å²) in [5.41, 5.74) is 1.74. The van der Waals surface area contributed by atoms with Crippen molar-refractivity contribution in [3.05, 3.63) is 35.4 Å². The first-order chi connectivity index (χ1) is 8.43. The number of aryl methyl sites for hydroxylation is 1. The predicted octanol–water partition coefficient (Wildman–Crippen LogP) is 4.27. The largest absolute Gasteiger partial charge is 0.385 e. The quantitative estimate of drug-likeness (QED) is 0.826. The zero-order valence-electron chi connectivity index (χ0n) is 12.1. The van der Waals surface area contributed by atoms with E-state index in [1.807, 2.05) is 0 Å². The molecule has 1 fully saturated rings. The van der Waals surface area contributed by atoms with Gasteiger partial charge in [0.2, 0.25) is 0 Å². The highest BCUT2D eigenvalue weighted by Crippen LogP contribution is 2.47. The van der Waals surface area contributed by atoms with Crippen LogP contribution in [0.25, 0.3) is 0 Å². The van der Waals surface area contributed by atoms with Crippen molar-refractivity contribution in [2.75, 3.05) is 0 Å². The lowest BCUT2D eigenvalue weighted by molar-refractivity contribution is -0.0865. The zero-order valence-corrected chi connectivity index (χ0v) is 12.1. The number of hydrogen-bond acceptors (Lipinski definition) is 1. The maximum absolute atomic E-state index is 11.2. The molecule has 100 valence electrons. The molecule has 18 heavy (non-hydrogen) atoms. The molecule has 0 spiro atoms. The maximum Gasteiger partial charge on any atom is 0.0929 e. The van der Waals surface area contributed by atoms with Crippen molar-refractivity contribution in [3.8, 4) is 0 Å². The second kappa shape index (κ2) is 5.05. The van der Waals surface area contributed by atoms with Gasteiger partial charge < -0.3 is 5.11 Å². The van der Waals surface area contributed by atoms with Crippen molar-refractivity contribution in [2.24, 2.45) is 17.8 Å². The van der Waals surface area contributed by atoms with Crippen molar-refractivity contribution < 1.29 is 5.11 Å². The van der Waals surface area contributed by atoms with E-state index in [-0.39, 0.29) is 0 Å². The summed E-state index contributed by atoms with van der Waals surface area (Å²) < 4.78 is 0. The van der Waals surface area contributed by atoms with Gasteiger partial charge in [-0.05, 0) is 43.1 Å². The van der Waals surface area contributed by atoms with Crippen molar-refractivity contribution in [2.45, 2.75) is 52.6 Å². The van der Waals surface area contributed by atoms with Gasteiger partial charge in [-0.15, -0.1) is 0 Å². The Morgan fingerprint density at radius 1 is 1.17 bits per heavy atom. The summed E-state index contributed by atoms with van der Waals surface area (Å²) in [5, 5.41) is 11.2. The number of aliphatic hydroxyl groups is 1. The number of hydrogen-bond donors (Lipinski definition) is 1. The van der Waals surface area contributed by atoms with Crippen LogP contribution in [0.4, 0.5) is 0 Å². The van der Waals surface area contributed by atoms with Gasteiger partial charge in [0.05, 0.1) is 5.60 Å². The summed E-state index contributed by atoms with van der Waals surface area (Å²) >= 11 is 0. The van der Waals surface area contributed by atoms with Gasteiger partial charge in [0.1, 0.15) is 0 Å². The molecule has 1 aromatic rings. The fourth-order valence-electron chi connectivity index (χ4n) is 3.55. The third kappa shape index (κ3) is 2.47. The molecule has 1 heteroatoms. The van der Waals surface area contributed by atoms with Crippen LogP contribution in [0.3, 0.4) is 0 Å². The smallest absolute Gasteiger partial charge is 0.0929 e. The Morgan fingerprint density at radius 2 is 1.78 bits per heavy atom. The van der Waals surface area contributed by atoms with Crippen LogP contribution in [0, 0.1) is 24.7 Å². The second-order valence-electron chi connectivity index (χ2n) is 6.53. The van der Waals surface area contributed by atoms with E-state index in [0.717, 1.165) is 18.4 Å². The van der Waals surface area contributed by atoms with Gasteiger partial charge in [0.15, 0.2) is 0 Å². The Morgan fingerprint density at radius 3 is 2.33 bits per heavy atom. The molecule has 1 aromatic carbocycles. The zero-order chi connectivity index (χ0) is 13.3. The highest BCUT2D eigenvalue weighted by atomic mass is 16.3. The van der Waals surface area contributed by atoms with E-state index in [4.69, 9.17) is 0 Å². The minimum Gasteiger partial charge on any atom is -0.385 e. The molecular weight excluding hydrogens is 220 g/mol. The molecule has 1 aliphatic carbocycles. The van der Waals surface area contributed by atoms with Crippen LogP contribution in [-0.4, -0.2) is 5.11 Å². The van der Waals surface area contributed by atoms with Gasteiger partial charge in [-0.2, -0.15) is 0 Å². The lowest BCUT2D eigenvalue weighted by Crippen LogP contribution is -2.43. The lowest BCUT2D eigenvalue weighted by atomic mass is 9.64. The van der Waals surface area contributed by atoms with Crippen LogP contribution < -0.4 is 0 Å². The Bertz CT molecular complexity index is 393. The van der Waals surface area contributed by atoms with Gasteiger partial charge in [-0.25, -0.2) is 0 Å². The highest BCUT2D eigenvalue weighted by molar-refractivity contribution is 5.28. The fraction of sp³-hybridized carbons (Fsp3) is 0.647. The minimum absolute atomic E-state index is 0.386. The summed E-state index contributed by atoms with van der Waals surface area (Å²) in [4.78, 5) is 0. The van der Waals surface area contributed by atoms with E-state index in [9.17, 15) is 5.11 Å². The second-order valence-corrected chi connectivity index (χ2v) is 6.53. The molecule has 1 N–H and O–H groups in total. The van der Waals surface area contributed by atoms with Crippen molar-refractivity contribution in [3.63, 3.8) is 0 Å². The first-order valence-corrected chi connectivity index (χ1v) is 7.23.